The van der Waals surface area contributed by atoms with E-state index in [4.69, 9.17) is 11.6 Å². The smallest absolute Gasteiger partial charge is 0.244 e. The van der Waals surface area contributed by atoms with Crippen LogP contribution in [0, 0.1) is 0 Å². The highest BCUT2D eigenvalue weighted by atomic mass is 35.5. The van der Waals surface area contributed by atoms with Crippen molar-refractivity contribution in [2.45, 2.75) is 10.9 Å². The van der Waals surface area contributed by atoms with Crippen molar-refractivity contribution in [3.05, 3.63) is 54.1 Å². The molecule has 5 nitrogen and oxygen atoms in total. The maximum absolute atomic E-state index is 12.6. The molecule has 1 N–H and O–H groups in total. The second-order valence-corrected chi connectivity index (χ2v) is 6.76. The monoisotopic (exact) mass is 326 g/mol. The molecule has 1 atom stereocenters. The van der Waals surface area contributed by atoms with Crippen LogP contribution in [0.25, 0.3) is 0 Å². The molecule has 1 aromatic carbocycles. The van der Waals surface area contributed by atoms with Gasteiger partial charge in [0.05, 0.1) is 4.90 Å². The Labute approximate surface area is 129 Å². The Bertz CT molecular complexity index is 668. The third-order valence-electron chi connectivity index (χ3n) is 3.02. The van der Waals surface area contributed by atoms with E-state index in [9.17, 15) is 13.2 Å². The molecule has 0 saturated heterocycles. The van der Waals surface area contributed by atoms with E-state index in [0.717, 1.165) is 4.31 Å². The van der Waals surface area contributed by atoms with Crippen molar-refractivity contribution >= 4 is 27.5 Å². The molecular weight excluding hydrogens is 312 g/mol. The van der Waals surface area contributed by atoms with Gasteiger partial charge in [0.25, 0.3) is 0 Å². The minimum atomic E-state index is -3.75. The van der Waals surface area contributed by atoms with Crippen molar-refractivity contribution in [2.75, 3.05) is 13.1 Å². The second-order valence-electron chi connectivity index (χ2n) is 4.44. The Morgan fingerprint density at radius 2 is 2.10 bits per heavy atom. The lowest BCUT2D eigenvalue weighted by Crippen LogP contribution is -2.46. The van der Waals surface area contributed by atoms with E-state index in [1.807, 2.05) is 0 Å². The Morgan fingerprint density at radius 1 is 1.43 bits per heavy atom. The third-order valence-corrected chi connectivity index (χ3v) is 5.14. The molecule has 2 rings (SSSR count). The van der Waals surface area contributed by atoms with E-state index < -0.39 is 16.1 Å². The summed E-state index contributed by atoms with van der Waals surface area (Å²) in [6.45, 7) is 3.96. The maximum Gasteiger partial charge on any atom is 0.244 e. The van der Waals surface area contributed by atoms with Gasteiger partial charge >= 0.3 is 0 Å². The first-order valence-electron chi connectivity index (χ1n) is 6.29. The Hall–Kier alpha value is -1.63. The Kier molecular flexibility index (Phi) is 4.82. The molecule has 7 heteroatoms. The number of nitrogens with one attached hydrogen (secondary N) is 1. The quantitative estimate of drug-likeness (QED) is 0.835. The zero-order valence-corrected chi connectivity index (χ0v) is 12.8. The van der Waals surface area contributed by atoms with Crippen LogP contribution in [0.1, 0.15) is 0 Å². The first kappa shape index (κ1) is 15.8. The molecule has 1 aliphatic rings. The zero-order valence-electron chi connectivity index (χ0n) is 11.2. The van der Waals surface area contributed by atoms with Gasteiger partial charge in [0.1, 0.15) is 6.04 Å². The van der Waals surface area contributed by atoms with Crippen LogP contribution in [0.15, 0.2) is 54.0 Å². The first-order valence-corrected chi connectivity index (χ1v) is 8.11. The summed E-state index contributed by atoms with van der Waals surface area (Å²) < 4.78 is 26.3. The van der Waals surface area contributed by atoms with Crippen molar-refractivity contribution in [1.29, 1.82) is 0 Å². The summed E-state index contributed by atoms with van der Waals surface area (Å²) in [6.07, 6.45) is 4.77. The predicted molar refractivity (Wildman–Crippen MR) is 81.5 cm³/mol. The summed E-state index contributed by atoms with van der Waals surface area (Å²) in [4.78, 5) is 12.1. The third kappa shape index (κ3) is 3.34. The zero-order chi connectivity index (χ0) is 15.5. The molecule has 0 unspecified atom stereocenters. The predicted octanol–water partition coefficient (Wildman–Crippen LogP) is 1.57. The molecular formula is C14H15ClN2O3S. The molecule has 0 aromatic heterocycles. The topological polar surface area (TPSA) is 66.5 Å². The van der Waals surface area contributed by atoms with Crippen LogP contribution in [0.2, 0.25) is 5.02 Å². The lowest BCUT2D eigenvalue weighted by atomic mass is 10.3. The number of hydrogen-bond donors (Lipinski definition) is 1. The fourth-order valence-corrected chi connectivity index (χ4v) is 3.61. The lowest BCUT2D eigenvalue weighted by Gasteiger charge is -2.23. The summed E-state index contributed by atoms with van der Waals surface area (Å²) in [7, 11) is -3.75. The highest BCUT2D eigenvalue weighted by Crippen LogP contribution is 2.23. The van der Waals surface area contributed by atoms with E-state index in [1.165, 1.54) is 30.3 Å². The number of sulfonamides is 1. The van der Waals surface area contributed by atoms with E-state index >= 15 is 0 Å². The summed E-state index contributed by atoms with van der Waals surface area (Å²) in [5.41, 5.74) is 0. The van der Waals surface area contributed by atoms with Gasteiger partial charge in [0.15, 0.2) is 0 Å². The lowest BCUT2D eigenvalue weighted by molar-refractivity contribution is -0.122. The van der Waals surface area contributed by atoms with Crippen LogP contribution >= 0.6 is 11.6 Å². The van der Waals surface area contributed by atoms with Crippen LogP contribution in [-0.4, -0.2) is 37.8 Å². The van der Waals surface area contributed by atoms with Gasteiger partial charge in [-0.1, -0.05) is 29.8 Å². The van der Waals surface area contributed by atoms with Crippen LogP contribution < -0.4 is 5.32 Å². The average molecular weight is 327 g/mol. The molecule has 0 radical (unpaired) electrons. The van der Waals surface area contributed by atoms with E-state index in [-0.39, 0.29) is 23.9 Å². The van der Waals surface area contributed by atoms with Crippen LogP contribution in [0.3, 0.4) is 0 Å². The molecule has 1 heterocycles. The molecule has 0 fully saturated rings. The van der Waals surface area contributed by atoms with E-state index in [0.29, 0.717) is 5.02 Å². The van der Waals surface area contributed by atoms with Gasteiger partial charge in [0, 0.05) is 18.1 Å². The molecule has 112 valence electrons. The number of halogens is 1. The van der Waals surface area contributed by atoms with Gasteiger partial charge in [-0.2, -0.15) is 4.31 Å². The van der Waals surface area contributed by atoms with Gasteiger partial charge in [-0.05, 0) is 24.3 Å². The number of carbonyl (C=O) groups excluding carboxylic acids is 1. The summed E-state index contributed by atoms with van der Waals surface area (Å²) in [5.74, 6) is -0.374. The minimum Gasteiger partial charge on any atom is -0.351 e. The van der Waals surface area contributed by atoms with Crippen molar-refractivity contribution < 1.29 is 13.2 Å². The fraction of sp³-hybridized carbons (Fsp3) is 0.214. The largest absolute Gasteiger partial charge is 0.351 e. The van der Waals surface area contributed by atoms with Gasteiger partial charge in [0.2, 0.25) is 15.9 Å². The maximum atomic E-state index is 12.6. The molecule has 21 heavy (non-hydrogen) atoms. The number of rotatable bonds is 5. The van der Waals surface area contributed by atoms with Crippen molar-refractivity contribution in [3.8, 4) is 0 Å². The highest BCUT2D eigenvalue weighted by Gasteiger charge is 2.36. The highest BCUT2D eigenvalue weighted by molar-refractivity contribution is 7.89. The van der Waals surface area contributed by atoms with Gasteiger partial charge in [-0.3, -0.25) is 4.79 Å². The number of benzene rings is 1. The molecule has 1 aliphatic heterocycles. The fourth-order valence-electron chi connectivity index (χ4n) is 1.99. The van der Waals surface area contributed by atoms with Crippen LogP contribution in [-0.2, 0) is 14.8 Å². The normalized spacial score (nSPS) is 18.6. The minimum absolute atomic E-state index is 0.108. The summed E-state index contributed by atoms with van der Waals surface area (Å²) in [6, 6.07) is 5.02. The van der Waals surface area contributed by atoms with Gasteiger partial charge < -0.3 is 5.32 Å². The Balaban J connectivity index is 2.25. The molecule has 1 aromatic rings. The molecule has 0 spiro atoms. The standard InChI is InChI=1S/C14H15ClN2O3S/c1-2-9-16-14(18)13-4-3-10-17(13)21(19,20)12-7-5-11(15)6-8-12/h2-8,13H,1,9-10H2,(H,16,18)/t13-/m0/s1. The molecule has 0 aliphatic carbocycles. The SMILES string of the molecule is C=CCNC(=O)[C@@H]1C=CCN1S(=O)(=O)c1ccc(Cl)cc1. The van der Waals surface area contributed by atoms with Crippen LogP contribution in [0.5, 0.6) is 0 Å². The number of hydrogen-bond acceptors (Lipinski definition) is 3. The van der Waals surface area contributed by atoms with E-state index in [1.54, 1.807) is 12.2 Å². The second kappa shape index (κ2) is 6.43. The number of carbonyl (C=O) groups is 1. The molecule has 0 bridgehead atoms. The van der Waals surface area contributed by atoms with Crippen molar-refractivity contribution in [1.82, 2.24) is 9.62 Å². The van der Waals surface area contributed by atoms with Crippen molar-refractivity contribution in [2.24, 2.45) is 0 Å². The summed E-state index contributed by atoms with van der Waals surface area (Å²) >= 11 is 5.76. The van der Waals surface area contributed by atoms with Gasteiger partial charge in [-0.15, -0.1) is 6.58 Å². The first-order chi connectivity index (χ1) is 9.96. The van der Waals surface area contributed by atoms with Gasteiger partial charge in [-0.25, -0.2) is 8.42 Å². The summed E-state index contributed by atoms with van der Waals surface area (Å²) in [5, 5.41) is 3.05. The van der Waals surface area contributed by atoms with Crippen molar-refractivity contribution in [3.63, 3.8) is 0 Å². The number of nitrogens with zero attached hydrogens (tertiary/aromatic N) is 1. The molecule has 0 saturated carbocycles. The van der Waals surface area contributed by atoms with E-state index in [2.05, 4.69) is 11.9 Å². The Morgan fingerprint density at radius 3 is 2.71 bits per heavy atom. The average Bonchev–Trinajstić information content (AvgIpc) is 2.95. The molecule has 1 amide bonds. The number of amides is 1. The van der Waals surface area contributed by atoms with Crippen LogP contribution in [0.4, 0.5) is 0 Å².